The molecule has 1 unspecified atom stereocenters. The zero-order valence-corrected chi connectivity index (χ0v) is 10.1. The lowest BCUT2D eigenvalue weighted by Crippen LogP contribution is -2.43. The Labute approximate surface area is 97.7 Å². The first-order valence-electron chi connectivity index (χ1n) is 4.50. The van der Waals surface area contributed by atoms with Gasteiger partial charge in [0.15, 0.2) is 0 Å². The molecular weight excluding hydrogens is 232 g/mol. The Morgan fingerprint density at radius 3 is 2.80 bits per heavy atom. The Bertz CT molecular complexity index is 410. The molecule has 1 amide bonds. The van der Waals surface area contributed by atoms with Gasteiger partial charge in [0, 0.05) is 0 Å². The van der Waals surface area contributed by atoms with Crippen molar-refractivity contribution in [3.63, 3.8) is 0 Å². The Kier molecular flexibility index (Phi) is 3.72. The van der Waals surface area contributed by atoms with Crippen LogP contribution >= 0.6 is 22.9 Å². The number of carbonyl (C=O) groups excluding carboxylic acids is 1. The van der Waals surface area contributed by atoms with Crippen molar-refractivity contribution in [2.45, 2.75) is 25.8 Å². The second-order valence-corrected chi connectivity index (χ2v) is 5.07. The monoisotopic (exact) mass is 242 g/mol. The second kappa shape index (κ2) is 4.65. The standard InChI is InChI=1S/C10H11ClN2OS/c1-3-10(2,6-12)13-9(14)7-4-5-8(11)15-7/h4-5H,3H2,1-2H3,(H,13,14). The van der Waals surface area contributed by atoms with E-state index in [-0.39, 0.29) is 5.91 Å². The van der Waals surface area contributed by atoms with E-state index in [1.165, 1.54) is 11.3 Å². The number of nitriles is 1. The Morgan fingerprint density at radius 2 is 2.40 bits per heavy atom. The number of thiophene rings is 1. The number of amides is 1. The molecule has 15 heavy (non-hydrogen) atoms. The van der Waals surface area contributed by atoms with Gasteiger partial charge in [-0.3, -0.25) is 4.79 Å². The van der Waals surface area contributed by atoms with Crippen LogP contribution in [0.3, 0.4) is 0 Å². The normalized spacial score (nSPS) is 14.0. The highest BCUT2D eigenvalue weighted by atomic mass is 35.5. The van der Waals surface area contributed by atoms with E-state index < -0.39 is 5.54 Å². The summed E-state index contributed by atoms with van der Waals surface area (Å²) in [5.74, 6) is -0.252. The van der Waals surface area contributed by atoms with Crippen LogP contribution in [0.4, 0.5) is 0 Å². The van der Waals surface area contributed by atoms with Crippen molar-refractivity contribution >= 4 is 28.8 Å². The summed E-state index contributed by atoms with van der Waals surface area (Å²) >= 11 is 6.92. The topological polar surface area (TPSA) is 52.9 Å². The maximum Gasteiger partial charge on any atom is 0.262 e. The predicted octanol–water partition coefficient (Wildman–Crippen LogP) is 2.82. The van der Waals surface area contributed by atoms with Crippen molar-refractivity contribution in [3.8, 4) is 6.07 Å². The summed E-state index contributed by atoms with van der Waals surface area (Å²) in [4.78, 5) is 12.2. The first-order chi connectivity index (χ1) is 7.00. The van der Waals surface area contributed by atoms with Crippen LogP contribution in [0.5, 0.6) is 0 Å². The quantitative estimate of drug-likeness (QED) is 0.886. The van der Waals surface area contributed by atoms with Crippen LogP contribution < -0.4 is 5.32 Å². The van der Waals surface area contributed by atoms with Crippen LogP contribution in [0.15, 0.2) is 12.1 Å². The fourth-order valence-electron chi connectivity index (χ4n) is 0.944. The van der Waals surface area contributed by atoms with Gasteiger partial charge in [0.05, 0.1) is 15.3 Å². The molecular formula is C10H11ClN2OS. The largest absolute Gasteiger partial charge is 0.333 e. The molecule has 80 valence electrons. The number of hydrogen-bond acceptors (Lipinski definition) is 3. The third-order valence-electron chi connectivity index (χ3n) is 2.14. The van der Waals surface area contributed by atoms with Crippen LogP contribution in [0, 0.1) is 11.3 Å². The molecule has 1 atom stereocenters. The van der Waals surface area contributed by atoms with Crippen molar-refractivity contribution in [1.82, 2.24) is 5.32 Å². The highest BCUT2D eigenvalue weighted by molar-refractivity contribution is 7.18. The SMILES string of the molecule is CCC(C)(C#N)NC(=O)c1ccc(Cl)s1. The van der Waals surface area contributed by atoms with Crippen LogP contribution in [-0.2, 0) is 0 Å². The predicted molar refractivity (Wildman–Crippen MR) is 61.1 cm³/mol. The van der Waals surface area contributed by atoms with Crippen molar-refractivity contribution in [2.24, 2.45) is 0 Å². The van der Waals surface area contributed by atoms with Gasteiger partial charge in [-0.2, -0.15) is 5.26 Å². The van der Waals surface area contributed by atoms with Gasteiger partial charge in [-0.05, 0) is 25.5 Å². The first kappa shape index (κ1) is 12.0. The number of hydrogen-bond donors (Lipinski definition) is 1. The van der Waals surface area contributed by atoms with Crippen molar-refractivity contribution in [1.29, 1.82) is 5.26 Å². The summed E-state index contributed by atoms with van der Waals surface area (Å²) in [5.41, 5.74) is -0.812. The fourth-order valence-corrected chi connectivity index (χ4v) is 1.88. The molecule has 1 aromatic rings. The van der Waals surface area contributed by atoms with E-state index in [4.69, 9.17) is 16.9 Å². The molecule has 5 heteroatoms. The van der Waals surface area contributed by atoms with Gasteiger partial charge in [0.2, 0.25) is 0 Å². The molecule has 1 N–H and O–H groups in total. The third kappa shape index (κ3) is 2.95. The van der Waals surface area contributed by atoms with E-state index in [1.54, 1.807) is 19.1 Å². The molecule has 0 saturated heterocycles. The summed E-state index contributed by atoms with van der Waals surface area (Å²) in [5, 5.41) is 11.6. The summed E-state index contributed by atoms with van der Waals surface area (Å²) in [6, 6.07) is 5.39. The van der Waals surface area contributed by atoms with Gasteiger partial charge in [-0.25, -0.2) is 0 Å². The first-order valence-corrected chi connectivity index (χ1v) is 5.69. The minimum atomic E-state index is -0.812. The maximum absolute atomic E-state index is 11.7. The van der Waals surface area contributed by atoms with Crippen LogP contribution in [0.2, 0.25) is 4.34 Å². The van der Waals surface area contributed by atoms with E-state index in [0.717, 1.165) is 0 Å². The Balaban J connectivity index is 2.76. The molecule has 0 bridgehead atoms. The molecule has 0 aliphatic carbocycles. The highest BCUT2D eigenvalue weighted by Gasteiger charge is 2.24. The molecule has 1 heterocycles. The van der Waals surface area contributed by atoms with E-state index in [1.807, 2.05) is 6.92 Å². The van der Waals surface area contributed by atoms with Crippen LogP contribution in [0.25, 0.3) is 0 Å². The number of rotatable bonds is 3. The molecule has 0 spiro atoms. The van der Waals surface area contributed by atoms with Gasteiger partial charge >= 0.3 is 0 Å². The van der Waals surface area contributed by atoms with Crippen LogP contribution in [0.1, 0.15) is 29.9 Å². The summed E-state index contributed by atoms with van der Waals surface area (Å²) in [7, 11) is 0. The number of nitrogens with zero attached hydrogens (tertiary/aromatic N) is 1. The molecule has 0 fully saturated rings. The molecule has 0 aromatic carbocycles. The summed E-state index contributed by atoms with van der Waals surface area (Å²) < 4.78 is 0.565. The smallest absolute Gasteiger partial charge is 0.262 e. The van der Waals surface area contributed by atoms with Crippen LogP contribution in [-0.4, -0.2) is 11.4 Å². The van der Waals surface area contributed by atoms with Crippen molar-refractivity contribution in [3.05, 3.63) is 21.3 Å². The van der Waals surface area contributed by atoms with Gasteiger partial charge in [-0.15, -0.1) is 11.3 Å². The minimum Gasteiger partial charge on any atom is -0.333 e. The zero-order valence-electron chi connectivity index (χ0n) is 8.50. The molecule has 0 aliphatic rings. The number of nitrogens with one attached hydrogen (secondary N) is 1. The lowest BCUT2D eigenvalue weighted by atomic mass is 10.0. The average molecular weight is 243 g/mol. The van der Waals surface area contributed by atoms with E-state index in [2.05, 4.69) is 11.4 Å². The lowest BCUT2D eigenvalue weighted by molar-refractivity contribution is 0.0927. The molecule has 0 radical (unpaired) electrons. The van der Waals surface area contributed by atoms with Gasteiger partial charge < -0.3 is 5.32 Å². The maximum atomic E-state index is 11.7. The molecule has 3 nitrogen and oxygen atoms in total. The highest BCUT2D eigenvalue weighted by Crippen LogP contribution is 2.22. The lowest BCUT2D eigenvalue weighted by Gasteiger charge is -2.20. The van der Waals surface area contributed by atoms with E-state index >= 15 is 0 Å². The number of halogens is 1. The van der Waals surface area contributed by atoms with Crippen molar-refractivity contribution in [2.75, 3.05) is 0 Å². The second-order valence-electron chi connectivity index (χ2n) is 3.36. The average Bonchev–Trinajstić information content (AvgIpc) is 2.65. The Hall–Kier alpha value is -1.05. The number of carbonyl (C=O) groups is 1. The zero-order chi connectivity index (χ0) is 11.5. The van der Waals surface area contributed by atoms with E-state index in [9.17, 15) is 4.79 Å². The van der Waals surface area contributed by atoms with Gasteiger partial charge in [0.25, 0.3) is 5.91 Å². The molecule has 0 aliphatic heterocycles. The third-order valence-corrected chi connectivity index (χ3v) is 3.37. The van der Waals surface area contributed by atoms with E-state index in [0.29, 0.717) is 15.6 Å². The molecule has 1 rings (SSSR count). The molecule has 1 aromatic heterocycles. The van der Waals surface area contributed by atoms with Gasteiger partial charge in [-0.1, -0.05) is 18.5 Å². The summed E-state index contributed by atoms with van der Waals surface area (Å²) in [6.07, 6.45) is 0.564. The van der Waals surface area contributed by atoms with Crippen molar-refractivity contribution < 1.29 is 4.79 Å². The summed E-state index contributed by atoms with van der Waals surface area (Å²) in [6.45, 7) is 3.55. The Morgan fingerprint density at radius 1 is 1.73 bits per heavy atom. The minimum absolute atomic E-state index is 0.252. The van der Waals surface area contributed by atoms with Gasteiger partial charge in [0.1, 0.15) is 5.54 Å². The fraction of sp³-hybridized carbons (Fsp3) is 0.400. The molecule has 0 saturated carbocycles.